The van der Waals surface area contributed by atoms with Crippen LogP contribution in [0.1, 0.15) is 29.8 Å². The van der Waals surface area contributed by atoms with E-state index >= 15 is 0 Å². The molecule has 0 N–H and O–H groups in total. The lowest BCUT2D eigenvalue weighted by atomic mass is 10.0. The van der Waals surface area contributed by atoms with Gasteiger partial charge in [-0.05, 0) is 23.1 Å². The van der Waals surface area contributed by atoms with E-state index in [-0.39, 0.29) is 24.4 Å². The molecule has 1 atom stereocenters. The van der Waals surface area contributed by atoms with Crippen LogP contribution >= 0.6 is 22.9 Å². The van der Waals surface area contributed by atoms with Crippen LogP contribution in [0.5, 0.6) is 0 Å². The number of carbonyl (C=O) groups excluding carboxylic acids is 2. The molecule has 6 nitrogen and oxygen atoms in total. The van der Waals surface area contributed by atoms with E-state index in [2.05, 4.69) is 5.10 Å². The standard InChI is InChI=1S/C20H22ClN3O3S/c1-14(25)23(9-10-27-2)13-20(26)24-18(15-6-3-4-7-16(15)21)12-17(22-24)19-8-5-11-28-19/h3-8,11,18H,9-10,12-13H2,1-2H3. The Kier molecular flexibility index (Phi) is 6.83. The van der Waals surface area contributed by atoms with Crippen molar-refractivity contribution in [1.82, 2.24) is 9.91 Å². The molecule has 1 aliphatic heterocycles. The van der Waals surface area contributed by atoms with Crippen molar-refractivity contribution in [1.29, 1.82) is 0 Å². The summed E-state index contributed by atoms with van der Waals surface area (Å²) in [6.45, 7) is 2.11. The van der Waals surface area contributed by atoms with Gasteiger partial charge in [-0.1, -0.05) is 35.9 Å². The zero-order valence-electron chi connectivity index (χ0n) is 15.8. The summed E-state index contributed by atoms with van der Waals surface area (Å²) in [4.78, 5) is 27.5. The average Bonchev–Trinajstić information content (AvgIpc) is 3.34. The Morgan fingerprint density at radius 2 is 2.11 bits per heavy atom. The Morgan fingerprint density at radius 3 is 2.75 bits per heavy atom. The van der Waals surface area contributed by atoms with Crippen LogP contribution in [0.15, 0.2) is 46.9 Å². The third-order valence-electron chi connectivity index (χ3n) is 4.57. The fraction of sp³-hybridized carbons (Fsp3) is 0.350. The van der Waals surface area contributed by atoms with Gasteiger partial charge in [-0.3, -0.25) is 9.59 Å². The molecule has 0 radical (unpaired) electrons. The molecule has 8 heteroatoms. The molecule has 2 heterocycles. The van der Waals surface area contributed by atoms with Crippen molar-refractivity contribution >= 4 is 40.5 Å². The molecular weight excluding hydrogens is 398 g/mol. The second kappa shape index (κ2) is 9.32. The number of amides is 2. The number of halogens is 1. The molecule has 2 amide bonds. The molecule has 0 saturated carbocycles. The first-order valence-electron chi connectivity index (χ1n) is 8.93. The molecule has 3 rings (SSSR count). The highest BCUT2D eigenvalue weighted by atomic mass is 35.5. The number of rotatable bonds is 7. The van der Waals surface area contributed by atoms with Gasteiger partial charge in [0.15, 0.2) is 0 Å². The maximum Gasteiger partial charge on any atom is 0.262 e. The van der Waals surface area contributed by atoms with E-state index in [1.54, 1.807) is 18.4 Å². The Morgan fingerprint density at radius 1 is 1.32 bits per heavy atom. The van der Waals surface area contributed by atoms with E-state index < -0.39 is 0 Å². The van der Waals surface area contributed by atoms with Gasteiger partial charge in [0.1, 0.15) is 6.54 Å². The minimum absolute atomic E-state index is 0.0547. The van der Waals surface area contributed by atoms with Crippen molar-refractivity contribution in [2.24, 2.45) is 5.10 Å². The molecule has 1 aromatic heterocycles. The number of thiophene rings is 1. The van der Waals surface area contributed by atoms with Crippen molar-refractivity contribution in [2.45, 2.75) is 19.4 Å². The first kappa shape index (κ1) is 20.5. The zero-order valence-corrected chi connectivity index (χ0v) is 17.4. The van der Waals surface area contributed by atoms with E-state index in [0.717, 1.165) is 16.2 Å². The molecule has 1 aromatic carbocycles. The number of hydrogen-bond acceptors (Lipinski definition) is 5. The molecular formula is C20H22ClN3O3S. The van der Waals surface area contributed by atoms with Crippen molar-refractivity contribution in [3.8, 4) is 0 Å². The van der Waals surface area contributed by atoms with E-state index in [4.69, 9.17) is 16.3 Å². The largest absolute Gasteiger partial charge is 0.383 e. The van der Waals surface area contributed by atoms with Gasteiger partial charge in [-0.15, -0.1) is 11.3 Å². The van der Waals surface area contributed by atoms with Gasteiger partial charge in [0.05, 0.1) is 23.2 Å². The fourth-order valence-electron chi connectivity index (χ4n) is 3.10. The zero-order chi connectivity index (χ0) is 20.1. The monoisotopic (exact) mass is 419 g/mol. The number of methoxy groups -OCH3 is 1. The van der Waals surface area contributed by atoms with Gasteiger partial charge < -0.3 is 9.64 Å². The predicted octanol–water partition coefficient (Wildman–Crippen LogP) is 3.57. The minimum Gasteiger partial charge on any atom is -0.383 e. The van der Waals surface area contributed by atoms with Crippen LogP contribution in [0.2, 0.25) is 5.02 Å². The highest BCUT2D eigenvalue weighted by molar-refractivity contribution is 7.12. The first-order valence-corrected chi connectivity index (χ1v) is 10.2. The predicted molar refractivity (Wildman–Crippen MR) is 111 cm³/mol. The number of hydrogen-bond donors (Lipinski definition) is 0. The Bertz CT molecular complexity index is 869. The van der Waals surface area contributed by atoms with Crippen LogP contribution in [0.3, 0.4) is 0 Å². The Hall–Kier alpha value is -2.22. The van der Waals surface area contributed by atoms with Gasteiger partial charge in [0.2, 0.25) is 5.91 Å². The van der Waals surface area contributed by atoms with Crippen LogP contribution < -0.4 is 0 Å². The van der Waals surface area contributed by atoms with Crippen LogP contribution in [0, 0.1) is 0 Å². The molecule has 1 aliphatic rings. The third-order valence-corrected chi connectivity index (χ3v) is 5.84. The lowest BCUT2D eigenvalue weighted by molar-refractivity contribution is -0.141. The van der Waals surface area contributed by atoms with Gasteiger partial charge in [-0.25, -0.2) is 5.01 Å². The minimum atomic E-state index is -0.297. The van der Waals surface area contributed by atoms with E-state index in [9.17, 15) is 9.59 Å². The maximum absolute atomic E-state index is 13.1. The summed E-state index contributed by atoms with van der Waals surface area (Å²) in [6, 6.07) is 11.1. The molecule has 0 spiro atoms. The highest BCUT2D eigenvalue weighted by Gasteiger charge is 2.35. The number of ether oxygens (including phenoxy) is 1. The summed E-state index contributed by atoms with van der Waals surface area (Å²) in [5.41, 5.74) is 1.69. The molecule has 0 bridgehead atoms. The van der Waals surface area contributed by atoms with Crippen molar-refractivity contribution in [3.05, 3.63) is 57.2 Å². The summed E-state index contributed by atoms with van der Waals surface area (Å²) in [5, 5.41) is 8.65. The Balaban J connectivity index is 1.87. The third kappa shape index (κ3) is 4.60. The lowest BCUT2D eigenvalue weighted by Gasteiger charge is -2.26. The van der Waals surface area contributed by atoms with Crippen LogP contribution in [0.4, 0.5) is 0 Å². The number of hydrazone groups is 1. The molecule has 0 aliphatic carbocycles. The number of carbonyl (C=O) groups is 2. The Labute approximate surface area is 173 Å². The maximum atomic E-state index is 13.1. The summed E-state index contributed by atoms with van der Waals surface area (Å²) >= 11 is 7.99. The van der Waals surface area contributed by atoms with Gasteiger partial charge in [-0.2, -0.15) is 5.10 Å². The van der Waals surface area contributed by atoms with Crippen molar-refractivity contribution < 1.29 is 14.3 Å². The van der Waals surface area contributed by atoms with Crippen molar-refractivity contribution in [2.75, 3.05) is 26.8 Å². The summed E-state index contributed by atoms with van der Waals surface area (Å²) in [6.07, 6.45) is 0.578. The van der Waals surface area contributed by atoms with Gasteiger partial charge >= 0.3 is 0 Å². The van der Waals surface area contributed by atoms with Crippen LogP contribution in [0.25, 0.3) is 0 Å². The highest BCUT2D eigenvalue weighted by Crippen LogP contribution is 2.36. The topological polar surface area (TPSA) is 62.2 Å². The van der Waals surface area contributed by atoms with E-state index in [0.29, 0.717) is 24.6 Å². The van der Waals surface area contributed by atoms with Crippen molar-refractivity contribution in [3.63, 3.8) is 0 Å². The smallest absolute Gasteiger partial charge is 0.262 e. The molecule has 148 valence electrons. The fourth-order valence-corrected chi connectivity index (χ4v) is 4.09. The molecule has 0 saturated heterocycles. The SMILES string of the molecule is COCCN(CC(=O)N1N=C(c2cccs2)CC1c1ccccc1Cl)C(C)=O. The molecule has 1 unspecified atom stereocenters. The van der Waals surface area contributed by atoms with Gasteiger partial charge in [0, 0.05) is 32.0 Å². The number of nitrogens with zero attached hydrogens (tertiary/aromatic N) is 3. The second-order valence-corrected chi connectivity index (χ2v) is 7.79. The normalized spacial score (nSPS) is 16.2. The first-order chi connectivity index (χ1) is 13.5. The quantitative estimate of drug-likeness (QED) is 0.689. The van der Waals surface area contributed by atoms with Crippen LogP contribution in [-0.2, 0) is 14.3 Å². The van der Waals surface area contributed by atoms with Gasteiger partial charge in [0.25, 0.3) is 5.91 Å². The van der Waals surface area contributed by atoms with E-state index in [1.807, 2.05) is 41.8 Å². The molecule has 2 aromatic rings. The summed E-state index contributed by atoms with van der Waals surface area (Å²) in [5.74, 6) is -0.427. The second-order valence-electron chi connectivity index (χ2n) is 6.44. The summed E-state index contributed by atoms with van der Waals surface area (Å²) in [7, 11) is 1.56. The lowest BCUT2D eigenvalue weighted by Crippen LogP contribution is -2.41. The summed E-state index contributed by atoms with van der Waals surface area (Å²) < 4.78 is 5.04. The molecule has 28 heavy (non-hydrogen) atoms. The number of benzene rings is 1. The van der Waals surface area contributed by atoms with E-state index in [1.165, 1.54) is 16.8 Å². The average molecular weight is 420 g/mol. The van der Waals surface area contributed by atoms with Crippen LogP contribution in [-0.4, -0.2) is 54.2 Å². The molecule has 0 fully saturated rings.